The predicted octanol–water partition coefficient (Wildman–Crippen LogP) is 9.59. The summed E-state index contributed by atoms with van der Waals surface area (Å²) in [6.45, 7) is 5.15. The number of thiophene rings is 1. The Morgan fingerprint density at radius 3 is 2.45 bits per heavy atom. The molecule has 0 N–H and O–H groups in total. The molecule has 1 aliphatic rings. The quantitative estimate of drug-likeness (QED) is 0.137. The molecule has 5 heteroatoms. The molecule has 0 amide bonds. The lowest BCUT2D eigenvalue weighted by Crippen LogP contribution is -2.06. The molecule has 40 heavy (non-hydrogen) atoms. The van der Waals surface area contributed by atoms with Gasteiger partial charge in [-0.05, 0) is 97.9 Å². The number of hydrogen-bond donors (Lipinski definition) is 0. The molecule has 3 aromatic rings. The Kier molecular flexibility index (Phi) is 11.4. The SMILES string of the molecule is CCCCCC(OCc1ccc(OC)cc1)c1ccc(C2=C(C)CC[C@@H]2CCCc2ccc(C(=O)OC)s2)cc1. The topological polar surface area (TPSA) is 44.8 Å². The minimum atomic E-state index is -0.241. The number of carbonyl (C=O) groups excluding carboxylic acids is 1. The molecular weight excluding hydrogens is 516 g/mol. The molecule has 214 valence electrons. The van der Waals surface area contributed by atoms with Gasteiger partial charge >= 0.3 is 5.97 Å². The van der Waals surface area contributed by atoms with Crippen LogP contribution in [-0.4, -0.2) is 20.2 Å². The third kappa shape index (κ3) is 8.08. The summed E-state index contributed by atoms with van der Waals surface area (Å²) in [4.78, 5) is 13.7. The van der Waals surface area contributed by atoms with Crippen LogP contribution < -0.4 is 4.74 Å². The zero-order valence-corrected chi connectivity index (χ0v) is 25.4. The summed E-state index contributed by atoms with van der Waals surface area (Å²) >= 11 is 1.56. The number of ether oxygens (including phenoxy) is 3. The van der Waals surface area contributed by atoms with Crippen molar-refractivity contribution >= 4 is 22.9 Å². The van der Waals surface area contributed by atoms with Crippen LogP contribution in [0, 0.1) is 5.92 Å². The summed E-state index contributed by atoms with van der Waals surface area (Å²) < 4.78 is 16.6. The molecule has 0 radical (unpaired) electrons. The molecule has 0 bridgehead atoms. The van der Waals surface area contributed by atoms with Crippen LogP contribution in [-0.2, 0) is 22.5 Å². The number of methoxy groups -OCH3 is 2. The zero-order chi connectivity index (χ0) is 28.3. The van der Waals surface area contributed by atoms with Gasteiger partial charge in [-0.3, -0.25) is 0 Å². The fourth-order valence-electron chi connectivity index (χ4n) is 5.76. The highest BCUT2D eigenvalue weighted by atomic mass is 32.1. The molecule has 0 saturated carbocycles. The van der Waals surface area contributed by atoms with E-state index in [-0.39, 0.29) is 12.1 Å². The number of benzene rings is 2. The molecular formula is C35H44O4S. The van der Waals surface area contributed by atoms with Gasteiger partial charge in [-0.1, -0.05) is 68.2 Å². The molecule has 0 aliphatic heterocycles. The molecule has 1 unspecified atom stereocenters. The van der Waals surface area contributed by atoms with Gasteiger partial charge < -0.3 is 14.2 Å². The van der Waals surface area contributed by atoms with Gasteiger partial charge in [0.1, 0.15) is 10.6 Å². The lowest BCUT2D eigenvalue weighted by Gasteiger charge is -2.20. The summed E-state index contributed by atoms with van der Waals surface area (Å²) in [7, 11) is 3.13. The average molecular weight is 561 g/mol. The van der Waals surface area contributed by atoms with E-state index in [1.807, 2.05) is 18.2 Å². The van der Waals surface area contributed by atoms with Gasteiger partial charge in [-0.15, -0.1) is 11.3 Å². The predicted molar refractivity (Wildman–Crippen MR) is 165 cm³/mol. The van der Waals surface area contributed by atoms with Crippen LogP contribution in [0.25, 0.3) is 5.57 Å². The lowest BCUT2D eigenvalue weighted by atomic mass is 9.88. The molecule has 0 saturated heterocycles. The van der Waals surface area contributed by atoms with Crippen LogP contribution in [0.15, 0.2) is 66.2 Å². The zero-order valence-electron chi connectivity index (χ0n) is 24.5. The monoisotopic (exact) mass is 560 g/mol. The number of carbonyl (C=O) groups is 1. The number of hydrogen-bond acceptors (Lipinski definition) is 5. The van der Waals surface area contributed by atoms with Crippen LogP contribution in [0.4, 0.5) is 0 Å². The van der Waals surface area contributed by atoms with Gasteiger partial charge in [0.15, 0.2) is 0 Å². The summed E-state index contributed by atoms with van der Waals surface area (Å²) in [6, 6.07) is 21.3. The fraction of sp³-hybridized carbons (Fsp3) is 0.457. The van der Waals surface area contributed by atoms with Crippen molar-refractivity contribution in [1.29, 1.82) is 0 Å². The second kappa shape index (κ2) is 15.2. The minimum Gasteiger partial charge on any atom is -0.497 e. The Labute approximate surface area is 244 Å². The average Bonchev–Trinajstić information content (AvgIpc) is 3.61. The first kappa shape index (κ1) is 30.1. The molecule has 2 aromatic carbocycles. The number of esters is 1. The van der Waals surface area contributed by atoms with Crippen LogP contribution >= 0.6 is 11.3 Å². The van der Waals surface area contributed by atoms with Gasteiger partial charge in [0.25, 0.3) is 0 Å². The number of unbranched alkanes of at least 4 members (excludes halogenated alkanes) is 2. The Morgan fingerprint density at radius 1 is 0.975 bits per heavy atom. The maximum Gasteiger partial charge on any atom is 0.348 e. The van der Waals surface area contributed by atoms with E-state index >= 15 is 0 Å². The second-order valence-electron chi connectivity index (χ2n) is 10.8. The van der Waals surface area contributed by atoms with E-state index in [4.69, 9.17) is 14.2 Å². The standard InChI is InChI=1S/C35H44O4S/c1-5-6-7-11-32(39-24-26-13-20-30(37-3)21-14-26)27-16-18-29(19-17-27)34-25(2)12-15-28(34)9-8-10-31-22-23-33(40-31)35(36)38-4/h13-14,16-23,28,32H,5-12,15,24H2,1-4H3/t28-,32?/m0/s1. The van der Waals surface area contributed by atoms with Gasteiger partial charge in [-0.25, -0.2) is 4.79 Å². The summed E-state index contributed by atoms with van der Waals surface area (Å²) in [5.74, 6) is 1.22. The summed E-state index contributed by atoms with van der Waals surface area (Å²) in [6.07, 6.45) is 10.4. The van der Waals surface area contributed by atoms with Crippen molar-refractivity contribution in [1.82, 2.24) is 0 Å². The number of allylic oxidation sites excluding steroid dienone is 2. The first-order chi connectivity index (χ1) is 19.5. The van der Waals surface area contributed by atoms with Gasteiger partial charge in [-0.2, -0.15) is 0 Å². The van der Waals surface area contributed by atoms with Gasteiger partial charge in [0.2, 0.25) is 0 Å². The maximum atomic E-state index is 11.8. The van der Waals surface area contributed by atoms with Crippen molar-refractivity contribution in [3.8, 4) is 5.75 Å². The first-order valence-corrected chi connectivity index (χ1v) is 15.6. The van der Waals surface area contributed by atoms with E-state index in [1.165, 1.54) is 72.8 Å². The smallest absolute Gasteiger partial charge is 0.348 e. The van der Waals surface area contributed by atoms with E-state index in [0.717, 1.165) is 30.6 Å². The fourth-order valence-corrected chi connectivity index (χ4v) is 6.72. The molecule has 2 atom stereocenters. The van der Waals surface area contributed by atoms with Gasteiger partial charge in [0, 0.05) is 4.88 Å². The molecule has 0 spiro atoms. The van der Waals surface area contributed by atoms with Crippen molar-refractivity contribution < 1.29 is 19.0 Å². The summed E-state index contributed by atoms with van der Waals surface area (Å²) in [5.41, 5.74) is 6.85. The Morgan fingerprint density at radius 2 is 1.75 bits per heavy atom. The maximum absolute atomic E-state index is 11.8. The highest BCUT2D eigenvalue weighted by molar-refractivity contribution is 7.13. The highest BCUT2D eigenvalue weighted by Crippen LogP contribution is 2.42. The van der Waals surface area contributed by atoms with Crippen molar-refractivity contribution in [2.75, 3.05) is 14.2 Å². The van der Waals surface area contributed by atoms with Crippen molar-refractivity contribution in [3.05, 3.63) is 92.7 Å². The second-order valence-corrected chi connectivity index (χ2v) is 12.0. The number of aryl methyl sites for hydroxylation is 1. The Bertz CT molecular complexity index is 1240. The van der Waals surface area contributed by atoms with E-state index in [2.05, 4.69) is 56.3 Å². The molecule has 4 rings (SSSR count). The van der Waals surface area contributed by atoms with E-state index in [0.29, 0.717) is 17.4 Å². The van der Waals surface area contributed by atoms with Crippen LogP contribution in [0.3, 0.4) is 0 Å². The molecule has 4 nitrogen and oxygen atoms in total. The van der Waals surface area contributed by atoms with Crippen molar-refractivity contribution in [3.63, 3.8) is 0 Å². The third-order valence-corrected chi connectivity index (χ3v) is 9.16. The third-order valence-electron chi connectivity index (χ3n) is 8.03. The normalized spacial score (nSPS) is 15.8. The molecule has 0 fully saturated rings. The Hall–Kier alpha value is -2.89. The van der Waals surface area contributed by atoms with Crippen molar-refractivity contribution in [2.24, 2.45) is 5.92 Å². The highest BCUT2D eigenvalue weighted by Gasteiger charge is 2.24. The van der Waals surface area contributed by atoms with Crippen LogP contribution in [0.1, 0.15) is 103 Å². The Balaban J connectivity index is 1.38. The van der Waals surface area contributed by atoms with E-state index in [1.54, 1.807) is 18.4 Å². The van der Waals surface area contributed by atoms with E-state index < -0.39 is 0 Å². The van der Waals surface area contributed by atoms with Crippen LogP contribution in [0.2, 0.25) is 0 Å². The molecule has 1 heterocycles. The van der Waals surface area contributed by atoms with Gasteiger partial charge in [0.05, 0.1) is 26.9 Å². The minimum absolute atomic E-state index is 0.0952. The van der Waals surface area contributed by atoms with E-state index in [9.17, 15) is 4.79 Å². The largest absolute Gasteiger partial charge is 0.497 e. The molecule has 1 aromatic heterocycles. The van der Waals surface area contributed by atoms with Crippen LogP contribution in [0.5, 0.6) is 5.75 Å². The summed E-state index contributed by atoms with van der Waals surface area (Å²) in [5, 5.41) is 0. The molecule has 1 aliphatic carbocycles. The lowest BCUT2D eigenvalue weighted by molar-refractivity contribution is 0.0322. The first-order valence-electron chi connectivity index (χ1n) is 14.7. The van der Waals surface area contributed by atoms with Crippen molar-refractivity contribution in [2.45, 2.75) is 84.3 Å². The number of rotatable bonds is 15.